The van der Waals surface area contributed by atoms with Crippen LogP contribution in [0.25, 0.3) is 22.2 Å². The van der Waals surface area contributed by atoms with Crippen molar-refractivity contribution in [1.82, 2.24) is 24.8 Å². The molecule has 0 saturated heterocycles. The summed E-state index contributed by atoms with van der Waals surface area (Å²) >= 11 is 0. The van der Waals surface area contributed by atoms with Crippen LogP contribution in [0.15, 0.2) is 59.9 Å². The highest BCUT2D eigenvalue weighted by Crippen LogP contribution is 2.31. The molecule has 1 amide bonds. The van der Waals surface area contributed by atoms with E-state index in [1.165, 1.54) is 30.8 Å². The highest BCUT2D eigenvalue weighted by Gasteiger charge is 2.23. The van der Waals surface area contributed by atoms with Gasteiger partial charge in [-0.15, -0.1) is 0 Å². The predicted octanol–water partition coefficient (Wildman–Crippen LogP) is 3.15. The minimum absolute atomic E-state index is 0.156. The maximum absolute atomic E-state index is 12.9. The Morgan fingerprint density at radius 1 is 1.17 bits per heavy atom. The van der Waals surface area contributed by atoms with Crippen LogP contribution in [0.2, 0.25) is 0 Å². The number of anilines is 1. The molecule has 1 fully saturated rings. The number of fused-ring (bicyclic) bond motifs is 1. The van der Waals surface area contributed by atoms with Crippen LogP contribution < -0.4 is 20.9 Å². The quantitative estimate of drug-likeness (QED) is 0.407. The lowest BCUT2D eigenvalue weighted by molar-refractivity contribution is 0.0949. The summed E-state index contributed by atoms with van der Waals surface area (Å²) in [4.78, 5) is 38.8. The minimum atomic E-state index is -0.188. The number of aryl methyl sites for hydroxylation is 1. The van der Waals surface area contributed by atoms with Gasteiger partial charge in [0.1, 0.15) is 17.0 Å². The Hall–Kier alpha value is -4.27. The summed E-state index contributed by atoms with van der Waals surface area (Å²) < 4.78 is 6.96. The Morgan fingerprint density at radius 3 is 2.71 bits per heavy atom. The van der Waals surface area contributed by atoms with Crippen molar-refractivity contribution in [2.24, 2.45) is 13.0 Å². The van der Waals surface area contributed by atoms with E-state index < -0.39 is 0 Å². The number of ether oxygens (including phenoxy) is 1. The van der Waals surface area contributed by atoms with Gasteiger partial charge in [-0.3, -0.25) is 14.6 Å². The third-order valence-corrected chi connectivity index (χ3v) is 6.10. The van der Waals surface area contributed by atoms with Crippen molar-refractivity contribution >= 4 is 22.6 Å². The Kier molecular flexibility index (Phi) is 6.13. The van der Waals surface area contributed by atoms with E-state index in [0.29, 0.717) is 52.7 Å². The number of benzene rings is 1. The average molecular weight is 471 g/mol. The molecule has 178 valence electrons. The van der Waals surface area contributed by atoms with Gasteiger partial charge in [0.15, 0.2) is 0 Å². The molecule has 1 saturated carbocycles. The summed E-state index contributed by atoms with van der Waals surface area (Å²) in [5.74, 6) is 1.33. The normalized spacial score (nSPS) is 13.0. The summed E-state index contributed by atoms with van der Waals surface area (Å²) in [6.07, 6.45) is 7.26. The van der Waals surface area contributed by atoms with E-state index in [9.17, 15) is 9.59 Å². The van der Waals surface area contributed by atoms with E-state index in [2.05, 4.69) is 20.6 Å². The van der Waals surface area contributed by atoms with Gasteiger partial charge in [-0.2, -0.15) is 0 Å². The van der Waals surface area contributed by atoms with E-state index in [1.54, 1.807) is 37.6 Å². The van der Waals surface area contributed by atoms with Gasteiger partial charge in [0.05, 0.1) is 30.2 Å². The number of pyridine rings is 2. The highest BCUT2D eigenvalue weighted by molar-refractivity contribution is 5.98. The van der Waals surface area contributed by atoms with Crippen LogP contribution in [0.5, 0.6) is 5.75 Å². The van der Waals surface area contributed by atoms with Crippen molar-refractivity contribution in [3.63, 3.8) is 0 Å². The number of methoxy groups -OCH3 is 1. The maximum Gasteiger partial charge on any atom is 0.264 e. The van der Waals surface area contributed by atoms with Gasteiger partial charge in [0, 0.05) is 38.1 Å². The molecule has 1 aromatic carbocycles. The standard InChI is InChI=1S/C26H26N6O3/c1-32-15-30-21-12-20(31-24(23(21)26(32)34)28-13-17-7-9-27-10-8-17)18-5-6-19(22(11-18)35-2)25(33)29-14-16-3-4-16/h5-12,15-16H,3-4,13-14H2,1-2H3,(H,28,31)(H,29,33). The van der Waals surface area contributed by atoms with Crippen molar-refractivity contribution in [2.75, 3.05) is 19.0 Å². The van der Waals surface area contributed by atoms with Gasteiger partial charge in [0.2, 0.25) is 0 Å². The summed E-state index contributed by atoms with van der Waals surface area (Å²) in [7, 11) is 3.20. The number of nitrogens with one attached hydrogen (secondary N) is 2. The van der Waals surface area contributed by atoms with E-state index in [0.717, 1.165) is 11.1 Å². The second-order valence-electron chi connectivity index (χ2n) is 8.69. The van der Waals surface area contributed by atoms with Crippen LogP contribution >= 0.6 is 0 Å². The third-order valence-electron chi connectivity index (χ3n) is 6.10. The molecular weight excluding hydrogens is 444 g/mol. The summed E-state index contributed by atoms with van der Waals surface area (Å²) in [5.41, 5.74) is 3.17. The first-order chi connectivity index (χ1) is 17.0. The molecule has 4 aromatic rings. The van der Waals surface area contributed by atoms with E-state index in [1.807, 2.05) is 18.2 Å². The number of amides is 1. The number of carbonyl (C=O) groups excluding carboxylic acids is 1. The molecule has 9 nitrogen and oxygen atoms in total. The Morgan fingerprint density at radius 2 is 1.97 bits per heavy atom. The number of rotatable bonds is 8. The third kappa shape index (κ3) is 4.84. The fourth-order valence-electron chi connectivity index (χ4n) is 3.88. The summed E-state index contributed by atoms with van der Waals surface area (Å²) in [6, 6.07) is 10.9. The first-order valence-corrected chi connectivity index (χ1v) is 11.5. The molecule has 9 heteroatoms. The van der Waals surface area contributed by atoms with E-state index in [-0.39, 0.29) is 11.5 Å². The molecular formula is C26H26N6O3. The second-order valence-corrected chi connectivity index (χ2v) is 8.69. The largest absolute Gasteiger partial charge is 0.496 e. The number of aromatic nitrogens is 4. The Bertz CT molecular complexity index is 1450. The summed E-state index contributed by atoms with van der Waals surface area (Å²) in [6.45, 7) is 1.15. The lowest BCUT2D eigenvalue weighted by atomic mass is 10.1. The molecule has 0 radical (unpaired) electrons. The molecule has 0 aliphatic heterocycles. The Labute approximate surface area is 202 Å². The second kappa shape index (κ2) is 9.54. The molecule has 0 spiro atoms. The minimum Gasteiger partial charge on any atom is -0.496 e. The zero-order valence-corrected chi connectivity index (χ0v) is 19.6. The van der Waals surface area contributed by atoms with Gasteiger partial charge < -0.3 is 19.9 Å². The first-order valence-electron chi connectivity index (χ1n) is 11.5. The number of hydrogen-bond donors (Lipinski definition) is 2. The van der Waals surface area contributed by atoms with Crippen LogP contribution in [-0.2, 0) is 13.6 Å². The van der Waals surface area contributed by atoms with Crippen molar-refractivity contribution in [3.05, 3.63) is 76.6 Å². The van der Waals surface area contributed by atoms with Gasteiger partial charge in [-0.25, -0.2) is 9.97 Å². The molecule has 0 atom stereocenters. The van der Waals surface area contributed by atoms with E-state index in [4.69, 9.17) is 9.72 Å². The zero-order valence-electron chi connectivity index (χ0n) is 19.6. The number of nitrogens with zero attached hydrogens (tertiary/aromatic N) is 4. The van der Waals surface area contributed by atoms with Gasteiger partial charge in [-0.05, 0) is 54.7 Å². The fourth-order valence-corrected chi connectivity index (χ4v) is 3.88. The smallest absolute Gasteiger partial charge is 0.264 e. The molecule has 5 rings (SSSR count). The van der Waals surface area contributed by atoms with Crippen LogP contribution in [0.3, 0.4) is 0 Å². The van der Waals surface area contributed by atoms with Crippen LogP contribution in [0.4, 0.5) is 5.82 Å². The van der Waals surface area contributed by atoms with Crippen molar-refractivity contribution < 1.29 is 9.53 Å². The Balaban J connectivity index is 1.52. The fraction of sp³-hybridized carbons (Fsp3) is 0.269. The first kappa shape index (κ1) is 22.5. The highest BCUT2D eigenvalue weighted by atomic mass is 16.5. The van der Waals surface area contributed by atoms with Crippen LogP contribution in [0.1, 0.15) is 28.8 Å². The monoisotopic (exact) mass is 470 g/mol. The predicted molar refractivity (Wildman–Crippen MR) is 133 cm³/mol. The van der Waals surface area contributed by atoms with Crippen LogP contribution in [0, 0.1) is 5.92 Å². The van der Waals surface area contributed by atoms with Gasteiger partial charge in [-0.1, -0.05) is 6.07 Å². The molecule has 35 heavy (non-hydrogen) atoms. The molecule has 0 unspecified atom stereocenters. The zero-order chi connectivity index (χ0) is 24.4. The SMILES string of the molecule is COc1cc(-c2cc3ncn(C)c(=O)c3c(NCc3ccncc3)n2)ccc1C(=O)NCC1CC1. The molecule has 2 N–H and O–H groups in total. The van der Waals surface area contributed by atoms with Gasteiger partial charge >= 0.3 is 0 Å². The van der Waals surface area contributed by atoms with Crippen LogP contribution in [-0.4, -0.2) is 39.1 Å². The van der Waals surface area contributed by atoms with Gasteiger partial charge in [0.25, 0.3) is 11.5 Å². The lowest BCUT2D eigenvalue weighted by Crippen LogP contribution is -2.25. The number of carbonyl (C=O) groups is 1. The van der Waals surface area contributed by atoms with Crippen molar-refractivity contribution in [2.45, 2.75) is 19.4 Å². The molecule has 3 aromatic heterocycles. The molecule has 3 heterocycles. The molecule has 1 aliphatic carbocycles. The van der Waals surface area contributed by atoms with Crippen molar-refractivity contribution in [1.29, 1.82) is 0 Å². The number of hydrogen-bond acceptors (Lipinski definition) is 7. The van der Waals surface area contributed by atoms with E-state index >= 15 is 0 Å². The molecule has 1 aliphatic rings. The average Bonchev–Trinajstić information content (AvgIpc) is 3.72. The van der Waals surface area contributed by atoms with Crippen molar-refractivity contribution in [3.8, 4) is 17.0 Å². The summed E-state index contributed by atoms with van der Waals surface area (Å²) in [5, 5.41) is 6.67. The lowest BCUT2D eigenvalue weighted by Gasteiger charge is -2.14. The molecule has 0 bridgehead atoms. The maximum atomic E-state index is 12.9. The topological polar surface area (TPSA) is 111 Å².